The molecule has 0 heterocycles. The molecule has 0 N–H and O–H groups in total. The number of hydrogen-bond donors (Lipinski definition) is 0. The highest BCUT2D eigenvalue weighted by Crippen LogP contribution is 2.17. The van der Waals surface area contributed by atoms with Crippen LogP contribution >= 0.6 is 0 Å². The van der Waals surface area contributed by atoms with Gasteiger partial charge in [0, 0.05) is 19.3 Å². The zero-order chi connectivity index (χ0) is 39.7. The minimum absolute atomic E-state index is 0.0660. The summed E-state index contributed by atoms with van der Waals surface area (Å²) in [4.78, 5) is 37.5. The summed E-state index contributed by atoms with van der Waals surface area (Å²) in [6.45, 7) is 11.3. The molecule has 0 aromatic rings. The van der Waals surface area contributed by atoms with Crippen molar-refractivity contribution in [1.29, 1.82) is 0 Å². The van der Waals surface area contributed by atoms with E-state index in [9.17, 15) is 14.4 Å². The van der Waals surface area contributed by atoms with Gasteiger partial charge >= 0.3 is 17.9 Å². The predicted molar refractivity (Wildman–Crippen MR) is 229 cm³/mol. The number of carbonyl (C=O) groups excluding carboxylic acids is 3. The van der Waals surface area contributed by atoms with Gasteiger partial charge in [-0.05, 0) is 31.1 Å². The first-order chi connectivity index (χ1) is 26.3. The van der Waals surface area contributed by atoms with E-state index in [2.05, 4.69) is 34.6 Å². The third kappa shape index (κ3) is 40.1. The summed E-state index contributed by atoms with van der Waals surface area (Å²) >= 11 is 0. The standard InChI is InChI=1S/C48H92O6/c1-6-8-9-26-35-40-48(51)54-45(42-53-47(50)39-34-30-25-21-20-23-28-32-37-44(5)7-2)41-52-46(49)38-33-29-24-19-17-15-13-11-10-12-14-16-18-22-27-31-36-43(3)4/h43-45H,6-42H2,1-5H3/t44?,45-/m1/s1. The van der Waals surface area contributed by atoms with Crippen molar-refractivity contribution in [3.63, 3.8) is 0 Å². The second kappa shape index (κ2) is 41.1. The van der Waals surface area contributed by atoms with Crippen LogP contribution in [0.4, 0.5) is 0 Å². The van der Waals surface area contributed by atoms with Crippen LogP contribution in [0.3, 0.4) is 0 Å². The van der Waals surface area contributed by atoms with Gasteiger partial charge in [-0.1, -0.05) is 221 Å². The lowest BCUT2D eigenvalue weighted by molar-refractivity contribution is -0.167. The van der Waals surface area contributed by atoms with Gasteiger partial charge < -0.3 is 14.2 Å². The lowest BCUT2D eigenvalue weighted by atomic mass is 9.99. The van der Waals surface area contributed by atoms with E-state index >= 15 is 0 Å². The monoisotopic (exact) mass is 765 g/mol. The first-order valence-electron chi connectivity index (χ1n) is 23.8. The van der Waals surface area contributed by atoms with Gasteiger partial charge in [0.15, 0.2) is 6.10 Å². The maximum absolute atomic E-state index is 12.5. The van der Waals surface area contributed by atoms with Crippen molar-refractivity contribution in [2.75, 3.05) is 13.2 Å². The molecule has 0 radical (unpaired) electrons. The first kappa shape index (κ1) is 52.4. The van der Waals surface area contributed by atoms with Gasteiger partial charge in [-0.2, -0.15) is 0 Å². The molecule has 1 unspecified atom stereocenters. The minimum Gasteiger partial charge on any atom is -0.462 e. The largest absolute Gasteiger partial charge is 0.462 e. The van der Waals surface area contributed by atoms with Gasteiger partial charge in [-0.15, -0.1) is 0 Å². The van der Waals surface area contributed by atoms with E-state index in [1.54, 1.807) is 0 Å². The normalized spacial score (nSPS) is 12.6. The summed E-state index contributed by atoms with van der Waals surface area (Å²) in [5, 5.41) is 0. The number of unbranched alkanes of at least 4 members (excludes halogenated alkanes) is 26. The van der Waals surface area contributed by atoms with Crippen LogP contribution in [-0.4, -0.2) is 37.2 Å². The van der Waals surface area contributed by atoms with Crippen LogP contribution in [0.25, 0.3) is 0 Å². The summed E-state index contributed by atoms with van der Waals surface area (Å²) in [5.41, 5.74) is 0. The Hall–Kier alpha value is -1.59. The van der Waals surface area contributed by atoms with Gasteiger partial charge in [0.25, 0.3) is 0 Å². The molecule has 0 aromatic heterocycles. The number of carbonyl (C=O) groups is 3. The average Bonchev–Trinajstić information content (AvgIpc) is 3.15. The fraction of sp³-hybridized carbons (Fsp3) is 0.938. The molecule has 0 aromatic carbocycles. The van der Waals surface area contributed by atoms with Gasteiger partial charge in [0.05, 0.1) is 0 Å². The van der Waals surface area contributed by atoms with Crippen molar-refractivity contribution in [3.8, 4) is 0 Å². The van der Waals surface area contributed by atoms with Crippen molar-refractivity contribution in [1.82, 2.24) is 0 Å². The Morgan fingerprint density at radius 3 is 1.06 bits per heavy atom. The van der Waals surface area contributed by atoms with Crippen LogP contribution in [0.1, 0.15) is 259 Å². The van der Waals surface area contributed by atoms with E-state index in [1.165, 1.54) is 141 Å². The van der Waals surface area contributed by atoms with Crippen LogP contribution in [0.15, 0.2) is 0 Å². The third-order valence-electron chi connectivity index (χ3n) is 11.1. The van der Waals surface area contributed by atoms with Crippen molar-refractivity contribution in [2.45, 2.75) is 265 Å². The summed E-state index contributed by atoms with van der Waals surface area (Å²) < 4.78 is 16.6. The van der Waals surface area contributed by atoms with E-state index in [4.69, 9.17) is 14.2 Å². The molecule has 0 aliphatic heterocycles. The van der Waals surface area contributed by atoms with Crippen molar-refractivity contribution >= 4 is 17.9 Å². The van der Waals surface area contributed by atoms with E-state index < -0.39 is 6.10 Å². The van der Waals surface area contributed by atoms with Crippen LogP contribution < -0.4 is 0 Å². The van der Waals surface area contributed by atoms with E-state index in [1.807, 2.05) is 0 Å². The Morgan fingerprint density at radius 2 is 0.704 bits per heavy atom. The zero-order valence-corrected chi connectivity index (χ0v) is 36.8. The lowest BCUT2D eigenvalue weighted by Crippen LogP contribution is -2.30. The number of hydrogen-bond acceptors (Lipinski definition) is 6. The molecule has 0 aliphatic rings. The summed E-state index contributed by atoms with van der Waals surface area (Å²) in [6, 6.07) is 0. The molecule has 0 aliphatic carbocycles. The molecule has 0 bridgehead atoms. The van der Waals surface area contributed by atoms with Crippen LogP contribution in [0, 0.1) is 11.8 Å². The molecule has 0 saturated carbocycles. The number of ether oxygens (including phenoxy) is 3. The van der Waals surface area contributed by atoms with Crippen molar-refractivity contribution in [2.24, 2.45) is 11.8 Å². The van der Waals surface area contributed by atoms with Crippen LogP contribution in [-0.2, 0) is 28.6 Å². The second-order valence-electron chi connectivity index (χ2n) is 17.1. The highest BCUT2D eigenvalue weighted by molar-refractivity contribution is 5.71. The molecule has 6 nitrogen and oxygen atoms in total. The maximum Gasteiger partial charge on any atom is 0.306 e. The van der Waals surface area contributed by atoms with Crippen LogP contribution in [0.2, 0.25) is 0 Å². The highest BCUT2D eigenvalue weighted by atomic mass is 16.6. The maximum atomic E-state index is 12.5. The van der Waals surface area contributed by atoms with Crippen molar-refractivity contribution in [3.05, 3.63) is 0 Å². The Balaban J connectivity index is 4.08. The molecule has 0 spiro atoms. The topological polar surface area (TPSA) is 78.9 Å². The molecular formula is C48H92O6. The van der Waals surface area contributed by atoms with Gasteiger partial charge in [-0.3, -0.25) is 14.4 Å². The summed E-state index contributed by atoms with van der Waals surface area (Å²) in [6.07, 6.45) is 39.8. The first-order valence-corrected chi connectivity index (χ1v) is 23.8. The molecule has 6 heteroatoms. The quantitative estimate of drug-likeness (QED) is 0.0350. The average molecular weight is 765 g/mol. The molecular weight excluding hydrogens is 673 g/mol. The fourth-order valence-corrected chi connectivity index (χ4v) is 7.07. The summed E-state index contributed by atoms with van der Waals surface area (Å²) in [5.74, 6) is 0.831. The zero-order valence-electron chi connectivity index (χ0n) is 36.8. The fourth-order valence-electron chi connectivity index (χ4n) is 7.07. The Labute approximate surface area is 336 Å². The molecule has 2 atom stereocenters. The highest BCUT2D eigenvalue weighted by Gasteiger charge is 2.19. The molecule has 0 saturated heterocycles. The smallest absolute Gasteiger partial charge is 0.306 e. The predicted octanol–water partition coefficient (Wildman–Crippen LogP) is 15.0. The van der Waals surface area contributed by atoms with Gasteiger partial charge in [0.2, 0.25) is 0 Å². The molecule has 0 rings (SSSR count). The Kier molecular flexibility index (Phi) is 39.8. The minimum atomic E-state index is -0.759. The summed E-state index contributed by atoms with van der Waals surface area (Å²) in [7, 11) is 0. The molecule has 54 heavy (non-hydrogen) atoms. The Bertz CT molecular complexity index is 826. The van der Waals surface area contributed by atoms with Gasteiger partial charge in [0.1, 0.15) is 13.2 Å². The van der Waals surface area contributed by atoms with Crippen molar-refractivity contribution < 1.29 is 28.6 Å². The third-order valence-corrected chi connectivity index (χ3v) is 11.1. The van der Waals surface area contributed by atoms with E-state index in [-0.39, 0.29) is 31.1 Å². The molecule has 320 valence electrons. The SMILES string of the molecule is CCCCCCCC(=O)O[C@H](COC(=O)CCCCCCCCCCCCCCCCCCC(C)C)COC(=O)CCCCCCCCCCC(C)CC. The Morgan fingerprint density at radius 1 is 0.389 bits per heavy atom. The second-order valence-corrected chi connectivity index (χ2v) is 17.1. The number of esters is 3. The van der Waals surface area contributed by atoms with Gasteiger partial charge in [-0.25, -0.2) is 0 Å². The van der Waals surface area contributed by atoms with E-state index in [0.717, 1.165) is 76.0 Å². The lowest BCUT2D eigenvalue weighted by Gasteiger charge is -2.18. The number of rotatable bonds is 42. The molecule has 0 amide bonds. The van der Waals surface area contributed by atoms with Crippen LogP contribution in [0.5, 0.6) is 0 Å². The molecule has 0 fully saturated rings. The van der Waals surface area contributed by atoms with E-state index in [0.29, 0.717) is 19.3 Å².